The van der Waals surface area contributed by atoms with Crippen LogP contribution in [0.5, 0.6) is 0 Å². The van der Waals surface area contributed by atoms with Gasteiger partial charge in [0.15, 0.2) is 0 Å². The highest BCUT2D eigenvalue weighted by Crippen LogP contribution is 2.28. The van der Waals surface area contributed by atoms with Crippen LogP contribution in [0.25, 0.3) is 10.8 Å². The zero-order valence-corrected chi connectivity index (χ0v) is 14.9. The number of anilines is 1. The van der Waals surface area contributed by atoms with Gasteiger partial charge in [-0.2, -0.15) is 4.72 Å². The minimum atomic E-state index is -3.95. The molecule has 0 fully saturated rings. The molecule has 2 rings (SSSR count). The summed E-state index contributed by atoms with van der Waals surface area (Å²) >= 11 is 5.93. The fraction of sp³-hybridized carbons (Fsp3) is 0.214. The molecule has 0 amide bonds. The third-order valence-corrected chi connectivity index (χ3v) is 5.23. The van der Waals surface area contributed by atoms with E-state index in [0.29, 0.717) is 16.5 Å². The molecule has 11 heteroatoms. The Bertz CT molecular complexity index is 934. The molecule has 4 N–H and O–H groups in total. The van der Waals surface area contributed by atoms with Crippen molar-refractivity contribution >= 4 is 50.2 Å². The average molecular weight is 386 g/mol. The maximum atomic E-state index is 12.4. The Kier molecular flexibility index (Phi) is 5.45. The summed E-state index contributed by atoms with van der Waals surface area (Å²) in [6.45, 7) is 1.38. The first-order valence-corrected chi connectivity index (χ1v) is 8.77. The predicted molar refractivity (Wildman–Crippen MR) is 93.8 cm³/mol. The number of halogens is 1. The number of nitrogens with zero attached hydrogens (tertiary/aromatic N) is 2. The number of ether oxygens (including phenoxy) is 1. The van der Waals surface area contributed by atoms with Gasteiger partial charge in [-0.1, -0.05) is 6.07 Å². The lowest BCUT2D eigenvalue weighted by Crippen LogP contribution is -2.39. The number of sulfonamides is 1. The number of carbonyl (C=O) groups excluding carboxylic acids is 1. The molecule has 1 atom stereocenters. The van der Waals surface area contributed by atoms with E-state index in [2.05, 4.69) is 14.4 Å². The van der Waals surface area contributed by atoms with Crippen molar-refractivity contribution in [2.45, 2.75) is 17.9 Å². The fourth-order valence-corrected chi connectivity index (χ4v) is 3.48. The number of hydrogen-bond acceptors (Lipinski definition) is 6. The third kappa shape index (κ3) is 3.98. The number of carbonyl (C=O) groups is 1. The van der Waals surface area contributed by atoms with Gasteiger partial charge in [0.25, 0.3) is 0 Å². The van der Waals surface area contributed by atoms with E-state index < -0.39 is 28.0 Å². The highest BCUT2D eigenvalue weighted by molar-refractivity contribution is 7.89. The maximum Gasteiger partial charge on any atom is 0.323 e. The number of rotatable bonds is 5. The molecule has 0 radical (unpaired) electrons. The first-order valence-electron chi connectivity index (χ1n) is 6.95. The van der Waals surface area contributed by atoms with Gasteiger partial charge >= 0.3 is 5.97 Å². The topological polar surface area (TPSA) is 138 Å². The van der Waals surface area contributed by atoms with Crippen molar-refractivity contribution in [1.29, 1.82) is 5.41 Å². The van der Waals surface area contributed by atoms with Gasteiger partial charge in [-0.05, 0) is 19.1 Å². The number of fused-ring (bicyclic) bond motifs is 1. The maximum absolute atomic E-state index is 12.4. The van der Waals surface area contributed by atoms with Crippen LogP contribution in [0.3, 0.4) is 0 Å². The molecule has 25 heavy (non-hydrogen) atoms. The molecule has 0 bridgehead atoms. The number of nitrogens with two attached hydrogens (primary N) is 1. The molecule has 9 nitrogen and oxygen atoms in total. The number of aromatic nitrogens is 1. The molecular formula is C14H16ClN5O4S. The Labute approximate surface area is 149 Å². The van der Waals surface area contributed by atoms with Gasteiger partial charge in [0.05, 0.1) is 23.9 Å². The highest BCUT2D eigenvalue weighted by Gasteiger charge is 2.23. The van der Waals surface area contributed by atoms with E-state index in [1.165, 1.54) is 44.6 Å². The second kappa shape index (κ2) is 7.21. The van der Waals surface area contributed by atoms with Gasteiger partial charge in [-0.25, -0.2) is 12.8 Å². The molecule has 0 aliphatic heterocycles. The van der Waals surface area contributed by atoms with E-state index in [1.54, 1.807) is 0 Å². The van der Waals surface area contributed by atoms with E-state index >= 15 is 0 Å². The molecular weight excluding hydrogens is 370 g/mol. The van der Waals surface area contributed by atoms with Gasteiger partial charge in [-0.3, -0.25) is 15.2 Å². The van der Waals surface area contributed by atoms with Crippen LogP contribution >= 0.6 is 11.8 Å². The quantitative estimate of drug-likeness (QED) is 0.301. The van der Waals surface area contributed by atoms with Crippen molar-refractivity contribution in [2.24, 2.45) is 5.73 Å². The molecule has 2 aromatic rings. The Morgan fingerprint density at radius 1 is 1.44 bits per heavy atom. The average Bonchev–Trinajstić information content (AvgIpc) is 2.58. The first-order chi connectivity index (χ1) is 11.7. The highest BCUT2D eigenvalue weighted by atomic mass is 35.5. The lowest BCUT2D eigenvalue weighted by Gasteiger charge is -2.16. The van der Waals surface area contributed by atoms with E-state index in [4.69, 9.17) is 22.9 Å². The Hall–Kier alpha value is -2.43. The Balaban J connectivity index is 2.45. The van der Waals surface area contributed by atoms with Crippen molar-refractivity contribution in [3.63, 3.8) is 0 Å². The van der Waals surface area contributed by atoms with Gasteiger partial charge in [0.2, 0.25) is 16.0 Å². The number of benzene rings is 1. The van der Waals surface area contributed by atoms with Crippen molar-refractivity contribution in [3.8, 4) is 0 Å². The first kappa shape index (κ1) is 18.9. The zero-order chi connectivity index (χ0) is 18.8. The summed E-state index contributed by atoms with van der Waals surface area (Å²) < 4.78 is 32.4. The van der Waals surface area contributed by atoms with Crippen molar-refractivity contribution in [3.05, 3.63) is 30.6 Å². The summed E-state index contributed by atoms with van der Waals surface area (Å²) in [5, 5.41) is 8.41. The van der Waals surface area contributed by atoms with E-state index in [1.807, 2.05) is 0 Å². The minimum Gasteiger partial charge on any atom is -0.468 e. The summed E-state index contributed by atoms with van der Waals surface area (Å²) in [7, 11) is -2.78. The molecule has 0 saturated heterocycles. The molecule has 0 saturated carbocycles. The van der Waals surface area contributed by atoms with Gasteiger partial charge in [0.1, 0.15) is 6.04 Å². The zero-order valence-electron chi connectivity index (χ0n) is 13.4. The molecule has 0 unspecified atom stereocenters. The standard InChI is InChI=1S/C14H16ClN5O4S/c1-8(13(21)24-2)19-25(22,23)10-3-4-11-9(5-10)6-18-7-12(11)20(15)14(16)17/h3-8,19H,1-2H3,(H3,16,17)/t8-/m1/s1. The summed E-state index contributed by atoms with van der Waals surface area (Å²) in [6.07, 6.45) is 2.86. The second-order valence-corrected chi connectivity index (χ2v) is 7.13. The van der Waals surface area contributed by atoms with Gasteiger partial charge < -0.3 is 10.5 Å². The number of esters is 1. The summed E-state index contributed by atoms with van der Waals surface area (Å²) in [5.74, 6) is -1.10. The van der Waals surface area contributed by atoms with Crippen molar-refractivity contribution in [2.75, 3.05) is 11.5 Å². The number of nitrogens with one attached hydrogen (secondary N) is 2. The number of hydrogen-bond donors (Lipinski definition) is 3. The lowest BCUT2D eigenvalue weighted by molar-refractivity contribution is -0.142. The molecule has 1 heterocycles. The van der Waals surface area contributed by atoms with E-state index in [0.717, 1.165) is 4.42 Å². The van der Waals surface area contributed by atoms with Crippen molar-refractivity contribution < 1.29 is 17.9 Å². The number of methoxy groups -OCH3 is 1. The van der Waals surface area contributed by atoms with Crippen LogP contribution in [0, 0.1) is 5.41 Å². The van der Waals surface area contributed by atoms with Crippen molar-refractivity contribution in [1.82, 2.24) is 9.71 Å². The van der Waals surface area contributed by atoms with E-state index in [-0.39, 0.29) is 4.90 Å². The normalized spacial score (nSPS) is 12.6. The minimum absolute atomic E-state index is 0.0568. The number of guanidine groups is 1. The molecule has 0 spiro atoms. The molecule has 1 aromatic heterocycles. The van der Waals surface area contributed by atoms with Crippen LogP contribution in [-0.2, 0) is 19.6 Å². The largest absolute Gasteiger partial charge is 0.468 e. The molecule has 0 aliphatic carbocycles. The van der Waals surface area contributed by atoms with Crippen LogP contribution in [0.2, 0.25) is 0 Å². The van der Waals surface area contributed by atoms with Crippen LogP contribution in [-0.4, -0.2) is 38.5 Å². The number of pyridine rings is 1. The van der Waals surface area contributed by atoms with Crippen LogP contribution in [0.15, 0.2) is 35.5 Å². The Morgan fingerprint density at radius 3 is 2.72 bits per heavy atom. The molecule has 134 valence electrons. The van der Waals surface area contributed by atoms with Gasteiger partial charge in [-0.15, -0.1) is 0 Å². The Morgan fingerprint density at radius 2 is 2.12 bits per heavy atom. The monoisotopic (exact) mass is 385 g/mol. The van der Waals surface area contributed by atoms with Crippen LogP contribution < -0.4 is 14.9 Å². The van der Waals surface area contributed by atoms with Gasteiger partial charge in [0, 0.05) is 28.7 Å². The fourth-order valence-electron chi connectivity index (χ4n) is 2.12. The molecule has 1 aromatic carbocycles. The summed E-state index contributed by atoms with van der Waals surface area (Å²) in [6, 6.07) is 3.21. The van der Waals surface area contributed by atoms with E-state index in [9.17, 15) is 13.2 Å². The smallest absolute Gasteiger partial charge is 0.323 e. The third-order valence-electron chi connectivity index (χ3n) is 3.33. The van der Waals surface area contributed by atoms with Crippen LogP contribution in [0.4, 0.5) is 5.69 Å². The molecule has 0 aliphatic rings. The predicted octanol–water partition coefficient (Wildman–Crippen LogP) is 0.928. The van der Waals surface area contributed by atoms with Crippen LogP contribution in [0.1, 0.15) is 6.92 Å². The second-order valence-electron chi connectivity index (χ2n) is 5.07. The lowest BCUT2D eigenvalue weighted by atomic mass is 10.1. The SMILES string of the molecule is COC(=O)[C@@H](C)NS(=O)(=O)c1ccc2c(N(Cl)C(=N)N)cncc2c1. The summed E-state index contributed by atoms with van der Waals surface area (Å²) in [5.41, 5.74) is 5.69. The summed E-state index contributed by atoms with van der Waals surface area (Å²) in [4.78, 5) is 15.3.